The second-order valence-corrected chi connectivity index (χ2v) is 14.4. The second-order valence-electron chi connectivity index (χ2n) is 14.4. The lowest BCUT2D eigenvalue weighted by molar-refractivity contribution is -0.144. The van der Waals surface area contributed by atoms with E-state index in [1.165, 1.54) is 0 Å². The Kier molecular flexibility index (Phi) is 8.25. The van der Waals surface area contributed by atoms with Gasteiger partial charge in [-0.15, -0.1) is 0 Å². The van der Waals surface area contributed by atoms with E-state index in [4.69, 9.17) is 5.73 Å². The van der Waals surface area contributed by atoms with Crippen molar-refractivity contribution in [3.05, 3.63) is 0 Å². The van der Waals surface area contributed by atoms with Crippen LogP contribution < -0.4 is 21.7 Å². The molecule has 3 aliphatic rings. The first kappa shape index (κ1) is 29.9. The van der Waals surface area contributed by atoms with Crippen molar-refractivity contribution >= 4 is 29.5 Å². The molecule has 0 radical (unpaired) electrons. The summed E-state index contributed by atoms with van der Waals surface area (Å²) in [4.78, 5) is 66.5. The zero-order chi connectivity index (χ0) is 28.8. The molecule has 1 aliphatic heterocycles. The van der Waals surface area contributed by atoms with Crippen LogP contribution in [0.5, 0.6) is 0 Å². The number of hydrogen-bond donors (Lipinski definition) is 4. The Bertz CT molecular complexity index is 975. The van der Waals surface area contributed by atoms with E-state index in [2.05, 4.69) is 29.8 Å². The summed E-state index contributed by atoms with van der Waals surface area (Å²) in [5, 5.41) is 8.49. The van der Waals surface area contributed by atoms with Gasteiger partial charge in [-0.1, -0.05) is 53.9 Å². The number of urea groups is 1. The Balaban J connectivity index is 1.86. The number of amides is 5. The van der Waals surface area contributed by atoms with Crippen molar-refractivity contribution in [3.8, 4) is 0 Å². The number of hydrogen-bond acceptors (Lipinski definition) is 5. The molecule has 3 rings (SSSR count). The topological polar surface area (TPSA) is 151 Å². The summed E-state index contributed by atoms with van der Waals surface area (Å²) >= 11 is 0. The van der Waals surface area contributed by atoms with Gasteiger partial charge in [0.05, 0.1) is 6.04 Å². The minimum Gasteiger partial charge on any atom is -0.363 e. The summed E-state index contributed by atoms with van der Waals surface area (Å²) in [5.74, 6) is -2.33. The van der Waals surface area contributed by atoms with E-state index in [0.29, 0.717) is 13.0 Å². The molecule has 10 nitrogen and oxygen atoms in total. The molecule has 2 aliphatic carbocycles. The van der Waals surface area contributed by atoms with Crippen LogP contribution >= 0.6 is 0 Å². The summed E-state index contributed by atoms with van der Waals surface area (Å²) < 4.78 is 0. The standard InChI is InChI=1S/C28H47N5O5/c1-26(2,3)21(31-25(38)32-27(4,5)6)24(37)33-14-17-16(13-28(17,7)8)19(33)23(36)30-18(20(34)22(29)35)12-15-10-9-11-15/h15-19,21H,9-14H2,1-8H3,(H2,29,35)(H,30,36)(H2,31,32,38). The van der Waals surface area contributed by atoms with E-state index >= 15 is 0 Å². The lowest BCUT2D eigenvalue weighted by atomic mass is 9.55. The predicted octanol–water partition coefficient (Wildman–Crippen LogP) is 2.10. The van der Waals surface area contributed by atoms with Gasteiger partial charge in [0.15, 0.2) is 0 Å². The van der Waals surface area contributed by atoms with Gasteiger partial charge in [-0.05, 0) is 62.2 Å². The molecule has 5 N–H and O–H groups in total. The smallest absolute Gasteiger partial charge is 0.315 e. The number of Topliss-reactive ketones (excluding diaryl/α,β-unsaturated/α-hetero) is 1. The number of nitrogens with two attached hydrogens (primary N) is 1. The largest absolute Gasteiger partial charge is 0.363 e. The summed E-state index contributed by atoms with van der Waals surface area (Å²) in [7, 11) is 0. The Morgan fingerprint density at radius 1 is 1.00 bits per heavy atom. The molecular weight excluding hydrogens is 486 g/mol. The molecule has 1 heterocycles. The molecule has 214 valence electrons. The molecule has 0 aromatic rings. The van der Waals surface area contributed by atoms with Crippen molar-refractivity contribution in [2.24, 2.45) is 34.3 Å². The molecule has 38 heavy (non-hydrogen) atoms. The maximum Gasteiger partial charge on any atom is 0.315 e. The number of nitrogens with zero attached hydrogens (tertiary/aromatic N) is 1. The SMILES string of the molecule is CC(C)(C)NC(=O)NC(C(=O)N1CC2C(CC2(C)C)C1C(=O)NC(CC1CCC1)C(=O)C(N)=O)C(C)(C)C. The Labute approximate surface area is 226 Å². The maximum absolute atomic E-state index is 14.1. The minimum absolute atomic E-state index is 0.0408. The van der Waals surface area contributed by atoms with Crippen molar-refractivity contribution < 1.29 is 24.0 Å². The molecule has 5 amide bonds. The highest BCUT2D eigenvalue weighted by atomic mass is 16.2. The fraction of sp³-hybridized carbons (Fsp3) is 0.821. The quantitative estimate of drug-likeness (QED) is 0.352. The van der Waals surface area contributed by atoms with Crippen LogP contribution in [0.25, 0.3) is 0 Å². The molecule has 5 unspecified atom stereocenters. The zero-order valence-electron chi connectivity index (χ0n) is 24.3. The molecule has 3 fully saturated rings. The lowest BCUT2D eigenvalue weighted by Gasteiger charge is -2.48. The van der Waals surface area contributed by atoms with Gasteiger partial charge in [-0.3, -0.25) is 19.2 Å². The van der Waals surface area contributed by atoms with Gasteiger partial charge in [0.25, 0.3) is 5.91 Å². The zero-order valence-corrected chi connectivity index (χ0v) is 24.3. The van der Waals surface area contributed by atoms with Crippen molar-refractivity contribution in [1.29, 1.82) is 0 Å². The predicted molar refractivity (Wildman–Crippen MR) is 144 cm³/mol. The second kappa shape index (κ2) is 10.5. The van der Waals surface area contributed by atoms with Crippen LogP contribution in [0.3, 0.4) is 0 Å². The molecule has 1 saturated heterocycles. The number of carbonyl (C=O) groups excluding carboxylic acids is 5. The average molecular weight is 534 g/mol. The molecule has 10 heteroatoms. The molecule has 0 spiro atoms. The van der Waals surface area contributed by atoms with Gasteiger partial charge in [0, 0.05) is 12.1 Å². The number of ketones is 1. The molecule has 2 saturated carbocycles. The minimum atomic E-state index is -1.07. The third-order valence-electron chi connectivity index (χ3n) is 8.52. The first-order chi connectivity index (χ1) is 17.3. The molecule has 5 atom stereocenters. The van der Waals surface area contributed by atoms with Crippen molar-refractivity contribution in [1.82, 2.24) is 20.9 Å². The summed E-state index contributed by atoms with van der Waals surface area (Å²) in [6, 6.07) is -3.12. The van der Waals surface area contributed by atoms with Crippen LogP contribution in [0.4, 0.5) is 4.79 Å². The number of rotatable bonds is 8. The van der Waals surface area contributed by atoms with Crippen molar-refractivity contribution in [2.45, 2.75) is 111 Å². The highest BCUT2D eigenvalue weighted by Gasteiger charge is 2.61. The first-order valence-corrected chi connectivity index (χ1v) is 13.8. The fourth-order valence-corrected chi connectivity index (χ4v) is 6.20. The van der Waals surface area contributed by atoms with Gasteiger partial charge in [0.2, 0.25) is 17.6 Å². The first-order valence-electron chi connectivity index (χ1n) is 13.8. The van der Waals surface area contributed by atoms with E-state index < -0.39 is 52.7 Å². The van der Waals surface area contributed by atoms with Gasteiger partial charge >= 0.3 is 6.03 Å². The third-order valence-corrected chi connectivity index (χ3v) is 8.52. The number of primary amides is 1. The van der Waals surface area contributed by atoms with Crippen LogP contribution in [0.1, 0.15) is 87.5 Å². The summed E-state index contributed by atoms with van der Waals surface area (Å²) in [6.45, 7) is 15.8. The van der Waals surface area contributed by atoms with E-state index in [1.807, 2.05) is 41.5 Å². The van der Waals surface area contributed by atoms with Crippen LogP contribution in [0, 0.1) is 28.6 Å². The number of likely N-dealkylation sites (tertiary alicyclic amines) is 1. The Morgan fingerprint density at radius 3 is 2.05 bits per heavy atom. The lowest BCUT2D eigenvalue weighted by Crippen LogP contribution is -2.62. The van der Waals surface area contributed by atoms with Gasteiger partial charge in [-0.25, -0.2) is 4.79 Å². The molecule has 0 aromatic carbocycles. The Morgan fingerprint density at radius 2 is 1.61 bits per heavy atom. The van der Waals surface area contributed by atoms with Crippen LogP contribution in [0.15, 0.2) is 0 Å². The van der Waals surface area contributed by atoms with Gasteiger partial charge in [0.1, 0.15) is 12.1 Å². The van der Waals surface area contributed by atoms with Crippen LogP contribution in [-0.4, -0.2) is 64.6 Å². The van der Waals surface area contributed by atoms with Gasteiger partial charge in [-0.2, -0.15) is 0 Å². The number of fused-ring (bicyclic) bond motifs is 1. The molecule has 0 bridgehead atoms. The third kappa shape index (κ3) is 6.49. The van der Waals surface area contributed by atoms with Crippen LogP contribution in [-0.2, 0) is 19.2 Å². The number of carbonyl (C=O) groups is 5. The van der Waals surface area contributed by atoms with E-state index in [1.54, 1.807) is 4.90 Å². The summed E-state index contributed by atoms with van der Waals surface area (Å²) in [5.41, 5.74) is 4.14. The van der Waals surface area contributed by atoms with Gasteiger partial charge < -0.3 is 26.6 Å². The van der Waals surface area contributed by atoms with E-state index in [0.717, 1.165) is 25.7 Å². The van der Waals surface area contributed by atoms with Crippen molar-refractivity contribution in [3.63, 3.8) is 0 Å². The summed E-state index contributed by atoms with van der Waals surface area (Å²) in [6.07, 6.45) is 4.08. The highest BCUT2D eigenvalue weighted by Crippen LogP contribution is 2.57. The molecular formula is C28H47N5O5. The molecule has 0 aromatic heterocycles. The van der Waals surface area contributed by atoms with E-state index in [-0.39, 0.29) is 29.1 Å². The van der Waals surface area contributed by atoms with Crippen LogP contribution in [0.2, 0.25) is 0 Å². The fourth-order valence-electron chi connectivity index (χ4n) is 6.20. The van der Waals surface area contributed by atoms with E-state index in [9.17, 15) is 24.0 Å². The number of nitrogens with one attached hydrogen (secondary N) is 3. The average Bonchev–Trinajstić information content (AvgIpc) is 3.05. The monoisotopic (exact) mass is 533 g/mol. The van der Waals surface area contributed by atoms with Crippen molar-refractivity contribution in [2.75, 3.05) is 6.54 Å². The maximum atomic E-state index is 14.1. The Hall–Kier alpha value is -2.65. The highest BCUT2D eigenvalue weighted by molar-refractivity contribution is 6.37. The normalized spacial score (nSPS) is 26.2.